The van der Waals surface area contributed by atoms with Crippen LogP contribution in [0.3, 0.4) is 0 Å². The number of likely N-dealkylation sites (tertiary alicyclic amines) is 1. The van der Waals surface area contributed by atoms with Crippen LogP contribution in [-0.4, -0.2) is 75.8 Å². The van der Waals surface area contributed by atoms with Gasteiger partial charge >= 0.3 is 0 Å². The van der Waals surface area contributed by atoms with Gasteiger partial charge in [-0.1, -0.05) is 0 Å². The van der Waals surface area contributed by atoms with Crippen molar-refractivity contribution in [3.63, 3.8) is 0 Å². The third kappa shape index (κ3) is 4.73. The summed E-state index contributed by atoms with van der Waals surface area (Å²) in [7, 11) is 1.87. The molecule has 134 valence electrons. The molecular weight excluding hydrogens is 308 g/mol. The minimum absolute atomic E-state index is 0.0667. The zero-order chi connectivity index (χ0) is 16.8. The Bertz CT molecular complexity index is 522. The first kappa shape index (κ1) is 17.3. The predicted octanol–water partition coefficient (Wildman–Crippen LogP) is 0.544. The highest BCUT2D eigenvalue weighted by Gasteiger charge is 2.20. The van der Waals surface area contributed by atoms with Crippen molar-refractivity contribution < 1.29 is 9.53 Å². The molecule has 1 amide bonds. The van der Waals surface area contributed by atoms with E-state index in [9.17, 15) is 4.79 Å². The molecule has 3 heterocycles. The second kappa shape index (κ2) is 8.53. The number of hydrogen-bond donors (Lipinski definition) is 0. The molecule has 8 heteroatoms. The van der Waals surface area contributed by atoms with Gasteiger partial charge in [0.15, 0.2) is 5.82 Å². The lowest BCUT2D eigenvalue weighted by molar-refractivity contribution is -0.131. The van der Waals surface area contributed by atoms with Crippen molar-refractivity contribution in [2.75, 3.05) is 39.9 Å². The van der Waals surface area contributed by atoms with Gasteiger partial charge in [0.2, 0.25) is 5.91 Å². The zero-order valence-corrected chi connectivity index (χ0v) is 14.6. The molecule has 0 unspecified atom stereocenters. The molecule has 0 atom stereocenters. The van der Waals surface area contributed by atoms with Gasteiger partial charge in [-0.3, -0.25) is 9.69 Å². The molecule has 0 radical (unpaired) electrons. The second-order valence-corrected chi connectivity index (χ2v) is 6.90. The standard InChI is InChI=1S/C16H28N6O2/c1-20(9-4-14-5-10-24-11-6-14)16(23)13-22-15(17-18-19-22)12-21-7-2-3-8-21/h14H,2-13H2,1H3. The number of likely N-dealkylation sites (N-methyl/N-ethyl adjacent to an activating group) is 1. The first-order valence-electron chi connectivity index (χ1n) is 9.01. The molecule has 24 heavy (non-hydrogen) atoms. The summed E-state index contributed by atoms with van der Waals surface area (Å²) in [5.41, 5.74) is 0. The van der Waals surface area contributed by atoms with Crippen LogP contribution in [0.25, 0.3) is 0 Å². The van der Waals surface area contributed by atoms with Crippen LogP contribution in [0.1, 0.15) is 37.9 Å². The van der Waals surface area contributed by atoms with Gasteiger partial charge < -0.3 is 9.64 Å². The van der Waals surface area contributed by atoms with Crippen molar-refractivity contribution in [1.82, 2.24) is 30.0 Å². The summed E-state index contributed by atoms with van der Waals surface area (Å²) >= 11 is 0. The van der Waals surface area contributed by atoms with Gasteiger partial charge in [-0.2, -0.15) is 0 Å². The molecule has 1 aromatic heterocycles. The second-order valence-electron chi connectivity index (χ2n) is 6.90. The van der Waals surface area contributed by atoms with Gasteiger partial charge in [0.25, 0.3) is 0 Å². The summed E-state index contributed by atoms with van der Waals surface area (Å²) in [4.78, 5) is 16.6. The lowest BCUT2D eigenvalue weighted by Crippen LogP contribution is -2.34. The van der Waals surface area contributed by atoms with E-state index in [1.54, 1.807) is 9.58 Å². The number of nitrogens with zero attached hydrogens (tertiary/aromatic N) is 6. The van der Waals surface area contributed by atoms with Crippen LogP contribution in [0.15, 0.2) is 0 Å². The van der Waals surface area contributed by atoms with E-state index in [1.807, 2.05) is 7.05 Å². The van der Waals surface area contributed by atoms with Gasteiger partial charge in [-0.05, 0) is 61.5 Å². The van der Waals surface area contributed by atoms with Crippen LogP contribution in [0.2, 0.25) is 0 Å². The van der Waals surface area contributed by atoms with Gasteiger partial charge in [-0.25, -0.2) is 4.68 Å². The van der Waals surface area contributed by atoms with Crippen molar-refractivity contribution in [3.05, 3.63) is 5.82 Å². The summed E-state index contributed by atoms with van der Waals surface area (Å²) in [5, 5.41) is 11.8. The minimum Gasteiger partial charge on any atom is -0.381 e. The predicted molar refractivity (Wildman–Crippen MR) is 88.1 cm³/mol. The van der Waals surface area contributed by atoms with Gasteiger partial charge in [0, 0.05) is 26.8 Å². The molecule has 1 aromatic rings. The number of carbonyl (C=O) groups is 1. The van der Waals surface area contributed by atoms with E-state index in [1.165, 1.54) is 12.8 Å². The maximum atomic E-state index is 12.4. The van der Waals surface area contributed by atoms with Crippen LogP contribution < -0.4 is 0 Å². The monoisotopic (exact) mass is 336 g/mol. The third-order valence-corrected chi connectivity index (χ3v) is 5.09. The smallest absolute Gasteiger partial charge is 0.244 e. The number of amides is 1. The summed E-state index contributed by atoms with van der Waals surface area (Å²) in [6.07, 6.45) is 5.72. The van der Waals surface area contributed by atoms with Crippen molar-refractivity contribution >= 4 is 5.91 Å². The molecule has 0 spiro atoms. The summed E-state index contributed by atoms with van der Waals surface area (Å²) in [6, 6.07) is 0. The van der Waals surface area contributed by atoms with Crippen LogP contribution >= 0.6 is 0 Å². The topological polar surface area (TPSA) is 76.4 Å². The Labute approximate surface area is 143 Å². The quantitative estimate of drug-likeness (QED) is 0.723. The van der Waals surface area contributed by atoms with Crippen molar-refractivity contribution in [2.45, 2.75) is 45.2 Å². The van der Waals surface area contributed by atoms with E-state index in [2.05, 4.69) is 20.4 Å². The molecule has 0 aromatic carbocycles. The average molecular weight is 336 g/mol. The highest BCUT2D eigenvalue weighted by molar-refractivity contribution is 5.75. The van der Waals surface area contributed by atoms with Crippen molar-refractivity contribution in [1.29, 1.82) is 0 Å². The fraction of sp³-hybridized carbons (Fsp3) is 0.875. The Morgan fingerprint density at radius 2 is 2.04 bits per heavy atom. The molecule has 8 nitrogen and oxygen atoms in total. The molecule has 0 saturated carbocycles. The van der Waals surface area contributed by atoms with E-state index in [0.29, 0.717) is 5.92 Å². The fourth-order valence-electron chi connectivity index (χ4n) is 3.38. The zero-order valence-electron chi connectivity index (χ0n) is 14.6. The normalized spacial score (nSPS) is 19.7. The molecule has 2 aliphatic heterocycles. The molecular formula is C16H28N6O2. The van der Waals surface area contributed by atoms with E-state index >= 15 is 0 Å². The molecule has 3 rings (SSSR count). The van der Waals surface area contributed by atoms with E-state index in [4.69, 9.17) is 4.74 Å². The number of aromatic nitrogens is 4. The molecule has 0 N–H and O–H groups in total. The average Bonchev–Trinajstić information content (AvgIpc) is 3.26. The Hall–Kier alpha value is -1.54. The van der Waals surface area contributed by atoms with Gasteiger partial charge in [-0.15, -0.1) is 5.10 Å². The van der Waals surface area contributed by atoms with Crippen LogP contribution in [0.5, 0.6) is 0 Å². The molecule has 0 bridgehead atoms. The number of rotatable bonds is 7. The van der Waals surface area contributed by atoms with Gasteiger partial charge in [0.05, 0.1) is 6.54 Å². The van der Waals surface area contributed by atoms with Crippen molar-refractivity contribution in [2.24, 2.45) is 5.92 Å². The number of carbonyl (C=O) groups excluding carboxylic acids is 1. The van der Waals surface area contributed by atoms with Crippen LogP contribution in [0, 0.1) is 5.92 Å². The molecule has 2 fully saturated rings. The maximum Gasteiger partial charge on any atom is 0.244 e. The molecule has 0 aliphatic carbocycles. The maximum absolute atomic E-state index is 12.4. The van der Waals surface area contributed by atoms with E-state index in [-0.39, 0.29) is 12.5 Å². The fourth-order valence-corrected chi connectivity index (χ4v) is 3.38. The first-order chi connectivity index (χ1) is 11.7. The number of hydrogen-bond acceptors (Lipinski definition) is 6. The third-order valence-electron chi connectivity index (χ3n) is 5.09. The van der Waals surface area contributed by atoms with Crippen LogP contribution in [0.4, 0.5) is 0 Å². The largest absolute Gasteiger partial charge is 0.381 e. The number of tetrazole rings is 1. The van der Waals surface area contributed by atoms with E-state index < -0.39 is 0 Å². The Morgan fingerprint density at radius 1 is 1.29 bits per heavy atom. The molecule has 2 saturated heterocycles. The Kier molecular flexibility index (Phi) is 6.14. The number of ether oxygens (including phenoxy) is 1. The summed E-state index contributed by atoms with van der Waals surface area (Å²) in [6.45, 7) is 5.62. The SMILES string of the molecule is CN(CCC1CCOCC1)C(=O)Cn1nnnc1CN1CCCC1. The lowest BCUT2D eigenvalue weighted by Gasteiger charge is -2.25. The van der Waals surface area contributed by atoms with Gasteiger partial charge in [0.1, 0.15) is 6.54 Å². The molecule has 2 aliphatic rings. The van der Waals surface area contributed by atoms with Crippen LogP contribution in [-0.2, 0) is 22.6 Å². The Balaban J connectivity index is 1.46. The summed E-state index contributed by atoms with van der Waals surface area (Å²) < 4.78 is 7.03. The Morgan fingerprint density at radius 3 is 2.79 bits per heavy atom. The van der Waals surface area contributed by atoms with Crippen molar-refractivity contribution in [3.8, 4) is 0 Å². The summed E-state index contributed by atoms with van der Waals surface area (Å²) in [5.74, 6) is 1.52. The van der Waals surface area contributed by atoms with E-state index in [0.717, 1.165) is 64.5 Å². The highest BCUT2D eigenvalue weighted by atomic mass is 16.5. The lowest BCUT2D eigenvalue weighted by atomic mass is 9.96. The minimum atomic E-state index is 0.0667. The highest BCUT2D eigenvalue weighted by Crippen LogP contribution is 2.18. The first-order valence-corrected chi connectivity index (χ1v) is 9.01.